The lowest BCUT2D eigenvalue weighted by Gasteiger charge is -2.20. The fraction of sp³-hybridized carbons (Fsp3) is 0.900. The Labute approximate surface area is 90.0 Å². The molecule has 0 aromatic heterocycles. The summed E-state index contributed by atoms with van der Waals surface area (Å²) in [4.78, 5) is 11.4. The van der Waals surface area contributed by atoms with Crippen LogP contribution >= 0.6 is 11.8 Å². The van der Waals surface area contributed by atoms with Crippen LogP contribution in [0.2, 0.25) is 0 Å². The van der Waals surface area contributed by atoms with Crippen LogP contribution in [-0.4, -0.2) is 37.2 Å². The van der Waals surface area contributed by atoms with Gasteiger partial charge in [0.05, 0.1) is 7.11 Å². The van der Waals surface area contributed by atoms with E-state index in [1.165, 1.54) is 7.11 Å². The van der Waals surface area contributed by atoms with Gasteiger partial charge in [0.15, 0.2) is 0 Å². The number of ether oxygens (including phenoxy) is 1. The van der Waals surface area contributed by atoms with Crippen molar-refractivity contribution in [2.75, 3.05) is 19.1 Å². The smallest absolute Gasteiger partial charge is 0.323 e. The molecular weight excluding hydrogens is 198 g/mol. The lowest BCUT2D eigenvalue weighted by atomic mass is 10.1. The van der Waals surface area contributed by atoms with Crippen molar-refractivity contribution in [3.63, 3.8) is 0 Å². The lowest BCUT2D eigenvalue weighted by Crippen LogP contribution is -2.45. The standard InChI is InChI=1S/C10H19NO2S/c1-7(6-14-3)11-9(8-4-5-8)10(12)13-2/h7-9,11H,4-6H2,1-3H3. The fourth-order valence-corrected chi connectivity index (χ4v) is 2.15. The van der Waals surface area contributed by atoms with Gasteiger partial charge in [-0.25, -0.2) is 0 Å². The second-order valence-corrected chi connectivity index (χ2v) is 4.77. The van der Waals surface area contributed by atoms with Gasteiger partial charge in [0.1, 0.15) is 6.04 Å². The Morgan fingerprint density at radius 3 is 2.71 bits per heavy atom. The van der Waals surface area contributed by atoms with Crippen molar-refractivity contribution in [1.82, 2.24) is 5.32 Å². The van der Waals surface area contributed by atoms with E-state index in [0.29, 0.717) is 12.0 Å². The summed E-state index contributed by atoms with van der Waals surface area (Å²) in [6, 6.07) is 0.289. The van der Waals surface area contributed by atoms with Gasteiger partial charge in [0, 0.05) is 11.8 Å². The summed E-state index contributed by atoms with van der Waals surface area (Å²) in [6.07, 6.45) is 4.37. The Morgan fingerprint density at radius 1 is 1.64 bits per heavy atom. The molecule has 14 heavy (non-hydrogen) atoms. The highest BCUT2D eigenvalue weighted by atomic mass is 32.2. The number of carbonyl (C=O) groups is 1. The Hall–Kier alpha value is -0.220. The molecule has 2 unspecified atom stereocenters. The zero-order chi connectivity index (χ0) is 10.6. The van der Waals surface area contributed by atoms with Gasteiger partial charge < -0.3 is 10.1 Å². The minimum atomic E-state index is -0.111. The number of nitrogens with one attached hydrogen (secondary N) is 1. The molecule has 0 aromatic carbocycles. The molecule has 0 amide bonds. The van der Waals surface area contributed by atoms with E-state index in [1.807, 2.05) is 0 Å². The van der Waals surface area contributed by atoms with Crippen LogP contribution in [0.5, 0.6) is 0 Å². The van der Waals surface area contributed by atoms with E-state index in [1.54, 1.807) is 11.8 Å². The van der Waals surface area contributed by atoms with E-state index in [4.69, 9.17) is 4.74 Å². The molecule has 82 valence electrons. The molecule has 0 saturated heterocycles. The van der Waals surface area contributed by atoms with E-state index in [-0.39, 0.29) is 12.0 Å². The van der Waals surface area contributed by atoms with Crippen molar-refractivity contribution < 1.29 is 9.53 Å². The van der Waals surface area contributed by atoms with Crippen molar-refractivity contribution in [2.45, 2.75) is 31.8 Å². The van der Waals surface area contributed by atoms with E-state index >= 15 is 0 Å². The number of hydrogen-bond donors (Lipinski definition) is 1. The molecule has 1 rings (SSSR count). The van der Waals surface area contributed by atoms with Gasteiger partial charge in [-0.3, -0.25) is 4.79 Å². The normalized spacial score (nSPS) is 20.2. The van der Waals surface area contributed by atoms with Crippen LogP contribution in [0.25, 0.3) is 0 Å². The molecule has 2 atom stereocenters. The average molecular weight is 217 g/mol. The van der Waals surface area contributed by atoms with E-state index in [0.717, 1.165) is 18.6 Å². The predicted molar refractivity (Wildman–Crippen MR) is 59.5 cm³/mol. The minimum absolute atomic E-state index is 0.0813. The average Bonchev–Trinajstić information content (AvgIpc) is 2.97. The molecule has 0 radical (unpaired) electrons. The molecule has 0 aliphatic heterocycles. The second kappa shape index (κ2) is 5.61. The third-order valence-corrected chi connectivity index (χ3v) is 3.26. The number of esters is 1. The molecular formula is C10H19NO2S. The third kappa shape index (κ3) is 3.50. The first-order valence-corrected chi connectivity index (χ1v) is 6.41. The van der Waals surface area contributed by atoms with Crippen molar-refractivity contribution in [2.24, 2.45) is 5.92 Å². The SMILES string of the molecule is COC(=O)C(NC(C)CSC)C1CC1. The quantitative estimate of drug-likeness (QED) is 0.680. The number of carbonyl (C=O) groups excluding carboxylic acids is 1. The van der Waals surface area contributed by atoms with Crippen LogP contribution in [0.15, 0.2) is 0 Å². The topological polar surface area (TPSA) is 38.3 Å². The summed E-state index contributed by atoms with van der Waals surface area (Å²) < 4.78 is 4.78. The molecule has 1 aliphatic rings. The zero-order valence-corrected chi connectivity index (χ0v) is 9.89. The molecule has 1 fully saturated rings. The van der Waals surface area contributed by atoms with Crippen LogP contribution in [0.1, 0.15) is 19.8 Å². The predicted octanol–water partition coefficient (Wildman–Crippen LogP) is 1.28. The fourth-order valence-electron chi connectivity index (χ4n) is 1.56. The maximum atomic E-state index is 11.4. The lowest BCUT2D eigenvalue weighted by molar-refractivity contribution is -0.143. The van der Waals surface area contributed by atoms with Crippen LogP contribution in [0.4, 0.5) is 0 Å². The molecule has 4 heteroatoms. The van der Waals surface area contributed by atoms with Crippen LogP contribution in [0, 0.1) is 5.92 Å². The summed E-state index contributed by atoms with van der Waals surface area (Å²) >= 11 is 1.79. The number of methoxy groups -OCH3 is 1. The highest BCUT2D eigenvalue weighted by Crippen LogP contribution is 2.33. The van der Waals surface area contributed by atoms with Crippen LogP contribution < -0.4 is 5.32 Å². The summed E-state index contributed by atoms with van der Waals surface area (Å²) in [7, 11) is 1.46. The van der Waals surface area contributed by atoms with E-state index in [2.05, 4.69) is 18.5 Å². The van der Waals surface area contributed by atoms with Crippen molar-refractivity contribution in [3.05, 3.63) is 0 Å². The molecule has 1 aliphatic carbocycles. The van der Waals surface area contributed by atoms with Crippen molar-refractivity contribution in [1.29, 1.82) is 0 Å². The summed E-state index contributed by atoms with van der Waals surface area (Å²) in [5.74, 6) is 1.42. The molecule has 1 N–H and O–H groups in total. The van der Waals surface area contributed by atoms with E-state index in [9.17, 15) is 4.79 Å². The highest BCUT2D eigenvalue weighted by Gasteiger charge is 2.37. The molecule has 0 spiro atoms. The minimum Gasteiger partial charge on any atom is -0.468 e. The van der Waals surface area contributed by atoms with Crippen LogP contribution in [-0.2, 0) is 9.53 Å². The Bertz CT molecular complexity index is 195. The number of hydrogen-bond acceptors (Lipinski definition) is 4. The zero-order valence-electron chi connectivity index (χ0n) is 9.08. The first kappa shape index (κ1) is 11.9. The first-order chi connectivity index (χ1) is 6.69. The molecule has 3 nitrogen and oxygen atoms in total. The van der Waals surface area contributed by atoms with E-state index < -0.39 is 0 Å². The van der Waals surface area contributed by atoms with Gasteiger partial charge in [-0.1, -0.05) is 0 Å². The summed E-state index contributed by atoms with van der Waals surface area (Å²) in [5, 5.41) is 3.34. The van der Waals surface area contributed by atoms with Crippen molar-refractivity contribution in [3.8, 4) is 0 Å². The Balaban J connectivity index is 2.38. The monoisotopic (exact) mass is 217 g/mol. The van der Waals surface area contributed by atoms with Gasteiger partial charge in [-0.05, 0) is 31.9 Å². The van der Waals surface area contributed by atoms with Gasteiger partial charge in [0.25, 0.3) is 0 Å². The molecule has 0 heterocycles. The number of rotatable bonds is 6. The number of thioether (sulfide) groups is 1. The highest BCUT2D eigenvalue weighted by molar-refractivity contribution is 7.98. The largest absolute Gasteiger partial charge is 0.468 e. The van der Waals surface area contributed by atoms with Crippen LogP contribution in [0.3, 0.4) is 0 Å². The van der Waals surface area contributed by atoms with Gasteiger partial charge in [-0.2, -0.15) is 11.8 Å². The Morgan fingerprint density at radius 2 is 2.29 bits per heavy atom. The second-order valence-electron chi connectivity index (χ2n) is 3.86. The maximum absolute atomic E-state index is 11.4. The summed E-state index contributed by atoms with van der Waals surface area (Å²) in [5.41, 5.74) is 0. The van der Waals surface area contributed by atoms with Gasteiger partial charge in [-0.15, -0.1) is 0 Å². The van der Waals surface area contributed by atoms with Crippen molar-refractivity contribution >= 4 is 17.7 Å². The summed E-state index contributed by atoms with van der Waals surface area (Å²) in [6.45, 7) is 2.11. The molecule has 0 aromatic rings. The maximum Gasteiger partial charge on any atom is 0.323 e. The first-order valence-electron chi connectivity index (χ1n) is 5.01. The molecule has 0 bridgehead atoms. The van der Waals surface area contributed by atoms with Gasteiger partial charge >= 0.3 is 5.97 Å². The third-order valence-electron chi connectivity index (χ3n) is 2.43. The Kier molecular flexibility index (Phi) is 4.75. The molecule has 1 saturated carbocycles. The van der Waals surface area contributed by atoms with Gasteiger partial charge in [0.2, 0.25) is 0 Å².